The number of carbonyl (C=O) groups excluding carboxylic acids is 1. The molecule has 6 nitrogen and oxygen atoms in total. The zero-order valence-corrected chi connectivity index (χ0v) is 13.0. The number of aryl methyl sites for hydroxylation is 1. The number of hydrogen-bond acceptors (Lipinski definition) is 4. The van der Waals surface area contributed by atoms with E-state index in [-0.39, 0.29) is 17.9 Å². The molecule has 1 aromatic rings. The van der Waals surface area contributed by atoms with Crippen molar-refractivity contribution in [2.45, 2.75) is 38.6 Å². The minimum absolute atomic E-state index is 0.0982. The van der Waals surface area contributed by atoms with Crippen molar-refractivity contribution < 1.29 is 23.8 Å². The third-order valence-electron chi connectivity index (χ3n) is 4.18. The normalized spacial score (nSPS) is 22.5. The minimum Gasteiger partial charge on any atom is -0.481 e. The van der Waals surface area contributed by atoms with E-state index in [4.69, 9.17) is 14.3 Å². The van der Waals surface area contributed by atoms with Gasteiger partial charge in [-0.2, -0.15) is 0 Å². The van der Waals surface area contributed by atoms with Crippen LogP contribution in [0.1, 0.15) is 43.2 Å². The van der Waals surface area contributed by atoms with Gasteiger partial charge in [-0.3, -0.25) is 9.59 Å². The minimum atomic E-state index is -0.812. The zero-order valence-electron chi connectivity index (χ0n) is 13.0. The van der Waals surface area contributed by atoms with Crippen LogP contribution in [0.15, 0.2) is 16.5 Å². The van der Waals surface area contributed by atoms with E-state index in [2.05, 4.69) is 5.32 Å². The van der Waals surface area contributed by atoms with E-state index in [0.29, 0.717) is 38.1 Å². The fourth-order valence-corrected chi connectivity index (χ4v) is 2.90. The molecule has 122 valence electrons. The number of methoxy groups -OCH3 is 1. The quantitative estimate of drug-likeness (QED) is 0.806. The molecular weight excluding hydrogens is 286 g/mol. The Labute approximate surface area is 129 Å². The average molecular weight is 309 g/mol. The van der Waals surface area contributed by atoms with Crippen molar-refractivity contribution in [1.82, 2.24) is 5.32 Å². The Morgan fingerprint density at radius 3 is 2.68 bits per heavy atom. The van der Waals surface area contributed by atoms with Crippen LogP contribution in [-0.2, 0) is 14.3 Å². The van der Waals surface area contributed by atoms with E-state index in [9.17, 15) is 9.59 Å². The molecule has 0 aromatic carbocycles. The fraction of sp³-hybridized carbons (Fsp3) is 0.625. The summed E-state index contributed by atoms with van der Waals surface area (Å²) in [5.74, 6) is -0.0535. The van der Waals surface area contributed by atoms with E-state index >= 15 is 0 Å². The van der Waals surface area contributed by atoms with Crippen molar-refractivity contribution in [3.05, 3.63) is 23.7 Å². The van der Waals surface area contributed by atoms with Crippen molar-refractivity contribution in [2.75, 3.05) is 13.7 Å². The molecule has 1 aliphatic rings. The molecular formula is C16H23NO5. The number of aliphatic carboxylic acids is 1. The molecule has 0 saturated heterocycles. The predicted molar refractivity (Wildman–Crippen MR) is 79.3 cm³/mol. The van der Waals surface area contributed by atoms with Crippen LogP contribution in [0.4, 0.5) is 0 Å². The van der Waals surface area contributed by atoms with E-state index in [1.807, 2.05) is 19.1 Å². The fourth-order valence-electron chi connectivity index (χ4n) is 2.90. The Morgan fingerprint density at radius 1 is 1.41 bits per heavy atom. The molecule has 22 heavy (non-hydrogen) atoms. The zero-order chi connectivity index (χ0) is 16.1. The third kappa shape index (κ3) is 4.10. The van der Waals surface area contributed by atoms with Gasteiger partial charge in [-0.15, -0.1) is 0 Å². The van der Waals surface area contributed by atoms with Gasteiger partial charge in [-0.1, -0.05) is 0 Å². The van der Waals surface area contributed by atoms with Gasteiger partial charge >= 0.3 is 5.97 Å². The van der Waals surface area contributed by atoms with Gasteiger partial charge in [0.25, 0.3) is 0 Å². The Morgan fingerprint density at radius 2 is 2.14 bits per heavy atom. The highest BCUT2D eigenvalue weighted by Gasteiger charge is 2.34. The van der Waals surface area contributed by atoms with Crippen LogP contribution >= 0.6 is 0 Å². The molecule has 1 heterocycles. The maximum absolute atomic E-state index is 12.4. The van der Waals surface area contributed by atoms with Crippen LogP contribution in [0, 0.1) is 18.8 Å². The largest absolute Gasteiger partial charge is 0.481 e. The highest BCUT2D eigenvalue weighted by atomic mass is 16.5. The van der Waals surface area contributed by atoms with Gasteiger partial charge < -0.3 is 19.6 Å². The molecule has 0 bridgehead atoms. The molecule has 0 radical (unpaired) electrons. The molecule has 1 amide bonds. The van der Waals surface area contributed by atoms with Gasteiger partial charge in [0.1, 0.15) is 11.5 Å². The van der Waals surface area contributed by atoms with E-state index < -0.39 is 11.9 Å². The molecule has 1 unspecified atom stereocenters. The van der Waals surface area contributed by atoms with Crippen LogP contribution in [0.5, 0.6) is 0 Å². The summed E-state index contributed by atoms with van der Waals surface area (Å²) in [7, 11) is 1.61. The van der Waals surface area contributed by atoms with Crippen LogP contribution in [-0.4, -0.2) is 30.7 Å². The topological polar surface area (TPSA) is 88.8 Å². The van der Waals surface area contributed by atoms with Crippen LogP contribution in [0.25, 0.3) is 0 Å². The average Bonchev–Trinajstić information content (AvgIpc) is 3.12. The number of carboxylic acid groups (broad SMARTS) is 1. The first-order valence-corrected chi connectivity index (χ1v) is 7.59. The van der Waals surface area contributed by atoms with Crippen LogP contribution in [0.3, 0.4) is 0 Å². The first kappa shape index (κ1) is 16.5. The van der Waals surface area contributed by atoms with E-state index in [1.165, 1.54) is 0 Å². The van der Waals surface area contributed by atoms with Crippen molar-refractivity contribution in [2.24, 2.45) is 11.8 Å². The monoisotopic (exact) mass is 309 g/mol. The van der Waals surface area contributed by atoms with Gasteiger partial charge in [-0.05, 0) is 44.7 Å². The summed E-state index contributed by atoms with van der Waals surface area (Å²) >= 11 is 0. The first-order chi connectivity index (χ1) is 10.5. The lowest BCUT2D eigenvalue weighted by Gasteiger charge is -2.19. The van der Waals surface area contributed by atoms with E-state index in [1.54, 1.807) is 7.11 Å². The number of carboxylic acids is 1. The van der Waals surface area contributed by atoms with Crippen molar-refractivity contribution in [3.8, 4) is 0 Å². The summed E-state index contributed by atoms with van der Waals surface area (Å²) in [6, 6.07) is 3.46. The molecule has 3 atom stereocenters. The molecule has 2 N–H and O–H groups in total. The van der Waals surface area contributed by atoms with Gasteiger partial charge in [0.05, 0.1) is 12.0 Å². The molecule has 0 aliphatic heterocycles. The van der Waals surface area contributed by atoms with Gasteiger partial charge in [0, 0.05) is 19.6 Å². The molecule has 0 spiro atoms. The van der Waals surface area contributed by atoms with Gasteiger partial charge in [-0.25, -0.2) is 0 Å². The van der Waals surface area contributed by atoms with Crippen molar-refractivity contribution in [1.29, 1.82) is 0 Å². The molecule has 1 aromatic heterocycles. The summed E-state index contributed by atoms with van der Waals surface area (Å²) < 4.78 is 10.7. The van der Waals surface area contributed by atoms with Crippen molar-refractivity contribution in [3.63, 3.8) is 0 Å². The van der Waals surface area contributed by atoms with Gasteiger partial charge in [0.15, 0.2) is 0 Å². The number of ether oxygens (including phenoxy) is 1. The highest BCUT2D eigenvalue weighted by Crippen LogP contribution is 2.32. The van der Waals surface area contributed by atoms with E-state index in [0.717, 1.165) is 5.76 Å². The summed E-state index contributed by atoms with van der Waals surface area (Å²) in [5, 5.41) is 12.0. The third-order valence-corrected chi connectivity index (χ3v) is 4.18. The number of furan rings is 1. The molecule has 2 rings (SSSR count). The number of carbonyl (C=O) groups is 2. The lowest BCUT2D eigenvalue weighted by molar-refractivity contribution is -0.141. The smallest absolute Gasteiger partial charge is 0.306 e. The Kier molecular flexibility index (Phi) is 5.60. The van der Waals surface area contributed by atoms with Crippen molar-refractivity contribution >= 4 is 11.9 Å². The second-order valence-electron chi connectivity index (χ2n) is 5.84. The SMILES string of the molecule is COCCC(NC(=O)[C@@H]1CC[C@H](C(=O)O)C1)c1ccc(C)o1. The molecule has 1 aliphatic carbocycles. The summed E-state index contributed by atoms with van der Waals surface area (Å²) in [6.45, 7) is 2.36. The summed E-state index contributed by atoms with van der Waals surface area (Å²) in [5.41, 5.74) is 0. The second kappa shape index (κ2) is 7.45. The maximum atomic E-state index is 12.4. The number of rotatable bonds is 7. The molecule has 1 saturated carbocycles. The summed E-state index contributed by atoms with van der Waals surface area (Å²) in [6.07, 6.45) is 2.21. The Hall–Kier alpha value is -1.82. The number of amides is 1. The highest BCUT2D eigenvalue weighted by molar-refractivity contribution is 5.81. The predicted octanol–water partition coefficient (Wildman–Crippen LogP) is 2.28. The number of nitrogens with one attached hydrogen (secondary N) is 1. The number of hydrogen-bond donors (Lipinski definition) is 2. The Balaban J connectivity index is 1.98. The lowest BCUT2D eigenvalue weighted by atomic mass is 10.0. The summed E-state index contributed by atoms with van der Waals surface area (Å²) in [4.78, 5) is 23.4. The molecule has 1 fully saturated rings. The van der Waals surface area contributed by atoms with Gasteiger partial charge in [0.2, 0.25) is 5.91 Å². The standard InChI is InChI=1S/C16H23NO5/c1-10-3-6-14(22-10)13(7-8-21-2)17-15(18)11-4-5-12(9-11)16(19)20/h3,6,11-13H,4-5,7-9H2,1-2H3,(H,17,18)(H,19,20)/t11-,12+,13?/m1/s1. The first-order valence-electron chi connectivity index (χ1n) is 7.59. The van der Waals surface area contributed by atoms with Crippen LogP contribution in [0.2, 0.25) is 0 Å². The molecule has 6 heteroatoms. The van der Waals surface area contributed by atoms with Crippen LogP contribution < -0.4 is 5.32 Å². The Bertz CT molecular complexity index is 524. The maximum Gasteiger partial charge on any atom is 0.306 e. The second-order valence-corrected chi connectivity index (χ2v) is 5.84. The lowest BCUT2D eigenvalue weighted by Crippen LogP contribution is -2.33.